The summed E-state index contributed by atoms with van der Waals surface area (Å²) in [5, 5.41) is 8.92. The fourth-order valence-electron chi connectivity index (χ4n) is 2.05. The molecule has 0 aliphatic carbocycles. The van der Waals surface area contributed by atoms with Gasteiger partial charge in [0.25, 0.3) is 0 Å². The summed E-state index contributed by atoms with van der Waals surface area (Å²) < 4.78 is 13.6. The van der Waals surface area contributed by atoms with Crippen LogP contribution in [-0.2, 0) is 0 Å². The minimum Gasteiger partial charge on any atom is -0.396 e. The van der Waals surface area contributed by atoms with Crippen molar-refractivity contribution in [1.82, 2.24) is 0 Å². The van der Waals surface area contributed by atoms with Crippen LogP contribution < -0.4 is 0 Å². The van der Waals surface area contributed by atoms with Crippen LogP contribution in [0.5, 0.6) is 0 Å². The zero-order chi connectivity index (χ0) is 13.0. The van der Waals surface area contributed by atoms with Gasteiger partial charge in [-0.05, 0) is 29.5 Å². The number of hydrogen-bond acceptors (Lipinski definition) is 1. The Kier molecular flexibility index (Phi) is 4.11. The molecular weight excluding hydrogens is 227 g/mol. The first-order chi connectivity index (χ1) is 8.72. The molecule has 0 heterocycles. The molecule has 1 nitrogen and oxygen atoms in total. The van der Waals surface area contributed by atoms with E-state index in [9.17, 15) is 4.39 Å². The lowest BCUT2D eigenvalue weighted by Crippen LogP contribution is -1.96. The lowest BCUT2D eigenvalue weighted by Gasteiger charge is -2.11. The first-order valence-corrected chi connectivity index (χ1v) is 6.18. The molecule has 0 fully saturated rings. The van der Waals surface area contributed by atoms with E-state index in [1.165, 1.54) is 11.6 Å². The second kappa shape index (κ2) is 5.78. The van der Waals surface area contributed by atoms with Gasteiger partial charge in [0.15, 0.2) is 0 Å². The zero-order valence-corrected chi connectivity index (χ0v) is 10.4. The Hall–Kier alpha value is -1.67. The molecule has 1 atom stereocenters. The Balaban J connectivity index is 2.25. The van der Waals surface area contributed by atoms with E-state index in [1.54, 1.807) is 12.1 Å². The highest BCUT2D eigenvalue weighted by Crippen LogP contribution is 2.25. The maximum absolute atomic E-state index is 13.6. The van der Waals surface area contributed by atoms with Gasteiger partial charge < -0.3 is 5.11 Å². The molecule has 1 N–H and O–H groups in total. The minimum absolute atomic E-state index is 0.191. The van der Waals surface area contributed by atoms with Crippen molar-refractivity contribution >= 4 is 0 Å². The van der Waals surface area contributed by atoms with Crippen molar-refractivity contribution in [2.75, 3.05) is 6.61 Å². The quantitative estimate of drug-likeness (QED) is 0.862. The number of halogens is 1. The van der Waals surface area contributed by atoms with Crippen LogP contribution in [0.2, 0.25) is 0 Å². The lowest BCUT2D eigenvalue weighted by atomic mass is 9.95. The smallest absolute Gasteiger partial charge is 0.131 e. The second-order valence-corrected chi connectivity index (χ2v) is 4.52. The van der Waals surface area contributed by atoms with Crippen LogP contribution >= 0.6 is 0 Å². The fourth-order valence-corrected chi connectivity index (χ4v) is 2.05. The average Bonchev–Trinajstić information content (AvgIpc) is 2.40. The highest BCUT2D eigenvalue weighted by molar-refractivity contribution is 5.64. The van der Waals surface area contributed by atoms with Gasteiger partial charge in [-0.15, -0.1) is 0 Å². The summed E-state index contributed by atoms with van der Waals surface area (Å²) in [7, 11) is 0. The maximum atomic E-state index is 13.6. The fraction of sp³-hybridized carbons (Fsp3) is 0.250. The van der Waals surface area contributed by atoms with Gasteiger partial charge in [0, 0.05) is 12.2 Å². The van der Waals surface area contributed by atoms with Gasteiger partial charge in [0.05, 0.1) is 0 Å². The molecule has 0 aromatic heterocycles. The summed E-state index contributed by atoms with van der Waals surface area (Å²) in [6.07, 6.45) is 0.749. The van der Waals surface area contributed by atoms with E-state index in [1.807, 2.05) is 30.3 Å². The molecule has 0 spiro atoms. The molecule has 18 heavy (non-hydrogen) atoms. The van der Waals surface area contributed by atoms with Crippen molar-refractivity contribution in [3.63, 3.8) is 0 Å². The van der Waals surface area contributed by atoms with Gasteiger partial charge in [-0.25, -0.2) is 4.39 Å². The zero-order valence-electron chi connectivity index (χ0n) is 10.4. The average molecular weight is 244 g/mol. The molecule has 0 saturated carbocycles. The van der Waals surface area contributed by atoms with Gasteiger partial charge in [0.2, 0.25) is 0 Å². The van der Waals surface area contributed by atoms with E-state index in [0.29, 0.717) is 11.5 Å². The molecule has 2 rings (SSSR count). The Morgan fingerprint density at radius 1 is 1.06 bits per heavy atom. The third-order valence-corrected chi connectivity index (χ3v) is 3.23. The summed E-state index contributed by atoms with van der Waals surface area (Å²) >= 11 is 0. The predicted molar refractivity (Wildman–Crippen MR) is 72.0 cm³/mol. The topological polar surface area (TPSA) is 20.2 Å². The molecule has 1 unspecified atom stereocenters. The Morgan fingerprint density at radius 2 is 1.72 bits per heavy atom. The van der Waals surface area contributed by atoms with Crippen molar-refractivity contribution in [2.45, 2.75) is 19.3 Å². The van der Waals surface area contributed by atoms with E-state index >= 15 is 0 Å². The first-order valence-electron chi connectivity index (χ1n) is 6.18. The number of hydrogen-bond donors (Lipinski definition) is 1. The second-order valence-electron chi connectivity index (χ2n) is 4.52. The molecule has 0 aliphatic heterocycles. The molecule has 0 bridgehead atoms. The number of aliphatic hydroxyl groups excluding tert-OH is 1. The van der Waals surface area contributed by atoms with Gasteiger partial charge >= 0.3 is 0 Å². The SMILES string of the molecule is CC(CCO)c1ccc(-c2ccccc2F)cc1. The highest BCUT2D eigenvalue weighted by Gasteiger charge is 2.07. The lowest BCUT2D eigenvalue weighted by molar-refractivity contribution is 0.278. The third-order valence-electron chi connectivity index (χ3n) is 3.23. The Bertz CT molecular complexity index is 505. The molecule has 2 heteroatoms. The number of rotatable bonds is 4. The summed E-state index contributed by atoms with van der Waals surface area (Å²) in [5.74, 6) is 0.123. The van der Waals surface area contributed by atoms with E-state index in [2.05, 4.69) is 6.92 Å². The summed E-state index contributed by atoms with van der Waals surface area (Å²) in [5.41, 5.74) is 2.68. The van der Waals surface area contributed by atoms with Crippen molar-refractivity contribution in [3.05, 3.63) is 59.9 Å². The van der Waals surface area contributed by atoms with Gasteiger partial charge in [-0.3, -0.25) is 0 Å². The molecule has 94 valence electrons. The number of aliphatic hydroxyl groups is 1. The third kappa shape index (κ3) is 2.77. The van der Waals surface area contributed by atoms with E-state index in [4.69, 9.17) is 5.11 Å². The Morgan fingerprint density at radius 3 is 2.33 bits per heavy atom. The van der Waals surface area contributed by atoms with Crippen molar-refractivity contribution in [1.29, 1.82) is 0 Å². The molecule has 0 radical (unpaired) electrons. The predicted octanol–water partition coefficient (Wildman–Crippen LogP) is 3.98. The highest BCUT2D eigenvalue weighted by atomic mass is 19.1. The van der Waals surface area contributed by atoms with Crippen LogP contribution in [-0.4, -0.2) is 11.7 Å². The molecule has 0 aliphatic rings. The van der Waals surface area contributed by atoms with Crippen LogP contribution in [0.3, 0.4) is 0 Å². The van der Waals surface area contributed by atoms with E-state index in [0.717, 1.165) is 12.0 Å². The summed E-state index contributed by atoms with van der Waals surface area (Å²) in [6.45, 7) is 2.27. The van der Waals surface area contributed by atoms with Crippen LogP contribution in [0.25, 0.3) is 11.1 Å². The van der Waals surface area contributed by atoms with Crippen molar-refractivity contribution < 1.29 is 9.50 Å². The first kappa shape index (κ1) is 12.8. The van der Waals surface area contributed by atoms with Gasteiger partial charge in [-0.1, -0.05) is 49.4 Å². The van der Waals surface area contributed by atoms with Gasteiger partial charge in [0.1, 0.15) is 5.82 Å². The van der Waals surface area contributed by atoms with E-state index < -0.39 is 0 Å². The van der Waals surface area contributed by atoms with E-state index in [-0.39, 0.29) is 12.4 Å². The summed E-state index contributed by atoms with van der Waals surface area (Å²) in [4.78, 5) is 0. The van der Waals surface area contributed by atoms with Crippen LogP contribution in [0.4, 0.5) is 4.39 Å². The monoisotopic (exact) mass is 244 g/mol. The van der Waals surface area contributed by atoms with Crippen LogP contribution in [0, 0.1) is 5.82 Å². The normalized spacial score (nSPS) is 12.4. The standard InChI is InChI=1S/C16H17FO/c1-12(10-11-18)13-6-8-14(9-7-13)15-4-2-3-5-16(15)17/h2-9,12,18H,10-11H2,1H3. The molecule has 2 aromatic rings. The molecule has 0 amide bonds. The minimum atomic E-state index is -0.200. The maximum Gasteiger partial charge on any atom is 0.131 e. The summed E-state index contributed by atoms with van der Waals surface area (Å²) in [6, 6.07) is 14.6. The molecule has 0 saturated heterocycles. The van der Waals surface area contributed by atoms with Crippen molar-refractivity contribution in [2.24, 2.45) is 0 Å². The van der Waals surface area contributed by atoms with Crippen LogP contribution in [0.1, 0.15) is 24.8 Å². The Labute approximate surface area is 107 Å². The van der Waals surface area contributed by atoms with Crippen LogP contribution in [0.15, 0.2) is 48.5 Å². The molecular formula is C16H17FO. The van der Waals surface area contributed by atoms with Crippen molar-refractivity contribution in [3.8, 4) is 11.1 Å². The van der Waals surface area contributed by atoms with Gasteiger partial charge in [-0.2, -0.15) is 0 Å². The number of benzene rings is 2. The largest absolute Gasteiger partial charge is 0.396 e. The molecule has 2 aromatic carbocycles.